The number of aryl methyl sites for hydroxylation is 2. The van der Waals surface area contributed by atoms with Crippen molar-refractivity contribution in [1.82, 2.24) is 0 Å². The molecular formula is C17H28. The minimum atomic E-state index is 0.416. The SMILES string of the molecule is CCCC(CC)(CCC)c1cc(C)ccc1C. The third kappa shape index (κ3) is 3.12. The van der Waals surface area contributed by atoms with Gasteiger partial charge in [0.25, 0.3) is 0 Å². The Labute approximate surface area is 107 Å². The van der Waals surface area contributed by atoms with E-state index in [9.17, 15) is 0 Å². The van der Waals surface area contributed by atoms with Gasteiger partial charge in [-0.05, 0) is 49.7 Å². The second kappa shape index (κ2) is 6.23. The van der Waals surface area contributed by atoms with E-state index < -0.39 is 0 Å². The lowest BCUT2D eigenvalue weighted by molar-refractivity contribution is 0.342. The average molecular weight is 232 g/mol. The van der Waals surface area contributed by atoms with Crippen LogP contribution in [0.3, 0.4) is 0 Å². The van der Waals surface area contributed by atoms with Crippen molar-refractivity contribution >= 4 is 0 Å². The van der Waals surface area contributed by atoms with Gasteiger partial charge in [0.1, 0.15) is 0 Å². The lowest BCUT2D eigenvalue weighted by Crippen LogP contribution is -2.26. The summed E-state index contributed by atoms with van der Waals surface area (Å²) in [4.78, 5) is 0. The van der Waals surface area contributed by atoms with Crippen molar-refractivity contribution in [3.63, 3.8) is 0 Å². The Hall–Kier alpha value is -0.780. The van der Waals surface area contributed by atoms with Gasteiger partial charge in [0.15, 0.2) is 0 Å². The summed E-state index contributed by atoms with van der Waals surface area (Å²) < 4.78 is 0. The first-order chi connectivity index (χ1) is 8.09. The Morgan fingerprint density at radius 1 is 0.941 bits per heavy atom. The third-order valence-electron chi connectivity index (χ3n) is 4.10. The first-order valence-electron chi connectivity index (χ1n) is 7.17. The molecule has 0 saturated heterocycles. The van der Waals surface area contributed by atoms with Crippen molar-refractivity contribution < 1.29 is 0 Å². The maximum absolute atomic E-state index is 2.42. The molecular weight excluding hydrogens is 204 g/mol. The molecule has 0 aromatic heterocycles. The first-order valence-corrected chi connectivity index (χ1v) is 7.17. The zero-order valence-corrected chi connectivity index (χ0v) is 12.3. The van der Waals surface area contributed by atoms with Gasteiger partial charge in [-0.2, -0.15) is 0 Å². The molecule has 0 N–H and O–H groups in total. The minimum absolute atomic E-state index is 0.416. The summed E-state index contributed by atoms with van der Waals surface area (Å²) in [5.74, 6) is 0. The molecule has 0 atom stereocenters. The summed E-state index contributed by atoms with van der Waals surface area (Å²) in [5.41, 5.74) is 4.89. The molecule has 1 aromatic rings. The fraction of sp³-hybridized carbons (Fsp3) is 0.647. The molecule has 0 aliphatic rings. The van der Waals surface area contributed by atoms with E-state index in [2.05, 4.69) is 52.8 Å². The van der Waals surface area contributed by atoms with Crippen molar-refractivity contribution in [3.05, 3.63) is 34.9 Å². The summed E-state index contributed by atoms with van der Waals surface area (Å²) in [6.45, 7) is 11.5. The molecule has 0 saturated carbocycles. The highest BCUT2D eigenvalue weighted by Gasteiger charge is 2.29. The summed E-state index contributed by atoms with van der Waals surface area (Å²) in [7, 11) is 0. The molecule has 0 aliphatic carbocycles. The molecule has 0 heteroatoms. The normalized spacial score (nSPS) is 11.8. The lowest BCUT2D eigenvalue weighted by atomic mass is 9.70. The maximum atomic E-state index is 2.42. The van der Waals surface area contributed by atoms with Gasteiger partial charge in [0.2, 0.25) is 0 Å². The van der Waals surface area contributed by atoms with Gasteiger partial charge in [0.05, 0.1) is 0 Å². The predicted octanol–water partition coefficient (Wildman–Crippen LogP) is 5.55. The van der Waals surface area contributed by atoms with Crippen LogP contribution in [0.5, 0.6) is 0 Å². The maximum Gasteiger partial charge on any atom is -0.00471 e. The van der Waals surface area contributed by atoms with Crippen LogP contribution in [0.1, 0.15) is 69.6 Å². The van der Waals surface area contributed by atoms with Crippen LogP contribution < -0.4 is 0 Å². The van der Waals surface area contributed by atoms with E-state index in [1.165, 1.54) is 43.2 Å². The van der Waals surface area contributed by atoms with Gasteiger partial charge in [-0.1, -0.05) is 57.4 Å². The quantitative estimate of drug-likeness (QED) is 0.603. The van der Waals surface area contributed by atoms with Crippen LogP contribution in [0.2, 0.25) is 0 Å². The molecule has 0 aliphatic heterocycles. The van der Waals surface area contributed by atoms with Crippen molar-refractivity contribution in [2.24, 2.45) is 0 Å². The van der Waals surface area contributed by atoms with Gasteiger partial charge in [-0.15, -0.1) is 0 Å². The Bertz CT molecular complexity index is 343. The van der Waals surface area contributed by atoms with Crippen LogP contribution in [0.15, 0.2) is 18.2 Å². The van der Waals surface area contributed by atoms with Crippen LogP contribution in [0.25, 0.3) is 0 Å². The number of rotatable bonds is 6. The largest absolute Gasteiger partial charge is 0.0654 e. The van der Waals surface area contributed by atoms with Gasteiger partial charge in [-0.25, -0.2) is 0 Å². The van der Waals surface area contributed by atoms with Crippen LogP contribution in [-0.4, -0.2) is 0 Å². The van der Waals surface area contributed by atoms with Crippen molar-refractivity contribution in [2.75, 3.05) is 0 Å². The zero-order valence-electron chi connectivity index (χ0n) is 12.3. The summed E-state index contributed by atoms with van der Waals surface area (Å²) in [6, 6.07) is 6.95. The molecule has 1 aromatic carbocycles. The monoisotopic (exact) mass is 232 g/mol. The molecule has 0 heterocycles. The molecule has 0 spiro atoms. The third-order valence-corrected chi connectivity index (χ3v) is 4.10. The lowest BCUT2D eigenvalue weighted by Gasteiger charge is -2.35. The van der Waals surface area contributed by atoms with E-state index in [-0.39, 0.29) is 0 Å². The van der Waals surface area contributed by atoms with Crippen molar-refractivity contribution in [3.8, 4) is 0 Å². The van der Waals surface area contributed by atoms with Crippen LogP contribution >= 0.6 is 0 Å². The summed E-state index contributed by atoms with van der Waals surface area (Å²) in [5, 5.41) is 0. The highest BCUT2D eigenvalue weighted by molar-refractivity contribution is 5.36. The molecule has 0 radical (unpaired) electrons. The molecule has 0 amide bonds. The summed E-state index contributed by atoms with van der Waals surface area (Å²) >= 11 is 0. The Morgan fingerprint density at radius 3 is 2.00 bits per heavy atom. The number of benzene rings is 1. The fourth-order valence-corrected chi connectivity index (χ4v) is 3.20. The average Bonchev–Trinajstić information content (AvgIpc) is 2.32. The second-order valence-corrected chi connectivity index (χ2v) is 5.45. The van der Waals surface area contributed by atoms with E-state index in [4.69, 9.17) is 0 Å². The zero-order chi connectivity index (χ0) is 12.9. The first kappa shape index (κ1) is 14.3. The van der Waals surface area contributed by atoms with E-state index in [0.29, 0.717) is 5.41 Å². The number of hydrogen-bond donors (Lipinski definition) is 0. The van der Waals surface area contributed by atoms with Gasteiger partial charge in [-0.3, -0.25) is 0 Å². The second-order valence-electron chi connectivity index (χ2n) is 5.45. The molecule has 0 bridgehead atoms. The fourth-order valence-electron chi connectivity index (χ4n) is 3.20. The van der Waals surface area contributed by atoms with Crippen LogP contribution in [-0.2, 0) is 5.41 Å². The van der Waals surface area contributed by atoms with Crippen molar-refractivity contribution in [2.45, 2.75) is 72.1 Å². The standard InChI is InChI=1S/C17H28/c1-6-11-17(8-3,12-7-2)16-13-14(4)9-10-15(16)5/h9-10,13H,6-8,11-12H2,1-5H3. The van der Waals surface area contributed by atoms with Gasteiger partial charge < -0.3 is 0 Å². The van der Waals surface area contributed by atoms with E-state index in [1.807, 2.05) is 0 Å². The van der Waals surface area contributed by atoms with Crippen molar-refractivity contribution in [1.29, 1.82) is 0 Å². The van der Waals surface area contributed by atoms with E-state index >= 15 is 0 Å². The van der Waals surface area contributed by atoms with Gasteiger partial charge >= 0.3 is 0 Å². The summed E-state index contributed by atoms with van der Waals surface area (Å²) in [6.07, 6.45) is 6.46. The molecule has 0 unspecified atom stereocenters. The topological polar surface area (TPSA) is 0 Å². The Kier molecular flexibility index (Phi) is 5.24. The molecule has 17 heavy (non-hydrogen) atoms. The molecule has 96 valence electrons. The van der Waals surface area contributed by atoms with Gasteiger partial charge in [0, 0.05) is 0 Å². The minimum Gasteiger partial charge on any atom is -0.0654 e. The van der Waals surface area contributed by atoms with Crippen LogP contribution in [0, 0.1) is 13.8 Å². The highest BCUT2D eigenvalue weighted by Crippen LogP contribution is 2.39. The Morgan fingerprint density at radius 2 is 1.53 bits per heavy atom. The van der Waals surface area contributed by atoms with E-state index in [0.717, 1.165) is 0 Å². The Balaban J connectivity index is 3.23. The number of hydrogen-bond acceptors (Lipinski definition) is 0. The molecule has 1 rings (SSSR count). The van der Waals surface area contributed by atoms with Crippen LogP contribution in [0.4, 0.5) is 0 Å². The predicted molar refractivity (Wildman–Crippen MR) is 77.7 cm³/mol. The smallest absolute Gasteiger partial charge is 0.00471 e. The highest BCUT2D eigenvalue weighted by atomic mass is 14.3. The van der Waals surface area contributed by atoms with E-state index in [1.54, 1.807) is 5.56 Å². The molecule has 0 fully saturated rings. The molecule has 0 nitrogen and oxygen atoms in total.